The molecule has 3 rings (SSSR count). The van der Waals surface area contributed by atoms with Crippen molar-refractivity contribution in [2.24, 2.45) is 0 Å². The number of hydrogen-bond donors (Lipinski definition) is 2. The molecule has 6 nitrogen and oxygen atoms in total. The SMILES string of the molecule is CC.CCCS(C)(C)C.CCn1cc(C(=O)N[C@H](C)CO)c(-c2nc3ccccc3s2)n1. The number of aryl methyl sites for hydroxylation is 1. The van der Waals surface area contributed by atoms with Gasteiger partial charge in [0, 0.05) is 18.8 Å². The van der Waals surface area contributed by atoms with Crippen molar-refractivity contribution in [2.45, 2.75) is 53.6 Å². The number of thiazole rings is 1. The summed E-state index contributed by atoms with van der Waals surface area (Å²) in [6.07, 6.45) is 10.1. The van der Waals surface area contributed by atoms with Gasteiger partial charge in [-0.15, -0.1) is 11.3 Å². The lowest BCUT2D eigenvalue weighted by atomic mass is 10.2. The van der Waals surface area contributed by atoms with Crippen molar-refractivity contribution in [1.82, 2.24) is 20.1 Å². The summed E-state index contributed by atoms with van der Waals surface area (Å²) in [5.74, 6) is 1.17. The van der Waals surface area contributed by atoms with Gasteiger partial charge in [-0.2, -0.15) is 5.10 Å². The third-order valence-corrected chi connectivity index (χ3v) is 6.97. The number of aromatic nitrogens is 3. The summed E-state index contributed by atoms with van der Waals surface area (Å²) in [7, 11) is -0.174. The molecule has 0 unspecified atom stereocenters. The van der Waals surface area contributed by atoms with E-state index < -0.39 is 0 Å². The Labute approximate surface area is 198 Å². The average Bonchev–Trinajstić information content (AvgIpc) is 3.38. The molecular formula is C24H40N4O2S2. The fourth-order valence-electron chi connectivity index (χ4n) is 2.84. The molecule has 0 radical (unpaired) electrons. The Morgan fingerprint density at radius 1 is 1.22 bits per heavy atom. The fourth-order valence-corrected chi connectivity index (χ4v) is 5.03. The van der Waals surface area contributed by atoms with Crippen LogP contribution in [-0.2, 0) is 6.54 Å². The highest BCUT2D eigenvalue weighted by Crippen LogP contribution is 2.34. The zero-order chi connectivity index (χ0) is 24.3. The third-order valence-electron chi connectivity index (χ3n) is 4.29. The summed E-state index contributed by atoms with van der Waals surface area (Å²) < 4.78 is 2.78. The summed E-state index contributed by atoms with van der Waals surface area (Å²) in [6.45, 7) is 10.5. The molecule has 8 heteroatoms. The minimum absolute atomic E-state index is 0.107. The van der Waals surface area contributed by atoms with E-state index in [1.807, 2.05) is 45.0 Å². The highest BCUT2D eigenvalue weighted by molar-refractivity contribution is 8.32. The van der Waals surface area contributed by atoms with Gasteiger partial charge in [-0.3, -0.25) is 9.48 Å². The van der Waals surface area contributed by atoms with E-state index in [1.165, 1.54) is 23.5 Å². The number of amides is 1. The van der Waals surface area contributed by atoms with E-state index >= 15 is 0 Å². The summed E-state index contributed by atoms with van der Waals surface area (Å²) in [5.41, 5.74) is 1.95. The Morgan fingerprint density at radius 2 is 1.88 bits per heavy atom. The Kier molecular flexibility index (Phi) is 12.0. The number of rotatable bonds is 7. The fraction of sp³-hybridized carbons (Fsp3) is 0.542. The molecule has 3 aromatic rings. The first kappa shape index (κ1) is 28.1. The highest BCUT2D eigenvalue weighted by atomic mass is 32.3. The number of carbonyl (C=O) groups is 1. The summed E-state index contributed by atoms with van der Waals surface area (Å²) in [6, 6.07) is 7.54. The van der Waals surface area contributed by atoms with Crippen LogP contribution in [0.15, 0.2) is 30.5 Å². The predicted octanol–water partition coefficient (Wildman–Crippen LogP) is 5.41. The van der Waals surface area contributed by atoms with Gasteiger partial charge >= 0.3 is 0 Å². The number of fused-ring (bicyclic) bond motifs is 1. The van der Waals surface area contributed by atoms with E-state index in [0.717, 1.165) is 15.2 Å². The first-order chi connectivity index (χ1) is 15.2. The quantitative estimate of drug-likeness (QED) is 0.474. The van der Waals surface area contributed by atoms with E-state index in [4.69, 9.17) is 5.11 Å². The molecule has 0 aliphatic rings. The molecule has 0 fully saturated rings. The minimum atomic E-state index is -0.310. The normalized spacial score (nSPS) is 12.3. The number of benzene rings is 1. The van der Waals surface area contributed by atoms with E-state index in [2.05, 4.69) is 41.1 Å². The monoisotopic (exact) mass is 480 g/mol. The summed E-state index contributed by atoms with van der Waals surface area (Å²) >= 11 is 1.51. The summed E-state index contributed by atoms with van der Waals surface area (Å²) in [5, 5.41) is 17.1. The highest BCUT2D eigenvalue weighted by Gasteiger charge is 2.21. The smallest absolute Gasteiger partial charge is 0.255 e. The Balaban J connectivity index is 0.000000488. The molecule has 0 spiro atoms. The molecule has 0 aliphatic carbocycles. The van der Waals surface area contributed by atoms with Gasteiger partial charge in [0.15, 0.2) is 0 Å². The van der Waals surface area contributed by atoms with Crippen LogP contribution in [0, 0.1) is 0 Å². The van der Waals surface area contributed by atoms with Gasteiger partial charge in [0.1, 0.15) is 10.7 Å². The van der Waals surface area contributed by atoms with Gasteiger partial charge in [-0.1, -0.05) is 32.9 Å². The Morgan fingerprint density at radius 3 is 2.38 bits per heavy atom. The zero-order valence-corrected chi connectivity index (χ0v) is 22.4. The Bertz CT molecular complexity index is 927. The van der Waals surface area contributed by atoms with Crippen LogP contribution < -0.4 is 5.32 Å². The lowest BCUT2D eigenvalue weighted by Gasteiger charge is -2.23. The second-order valence-electron chi connectivity index (χ2n) is 8.09. The maximum atomic E-state index is 12.5. The minimum Gasteiger partial charge on any atom is -0.394 e. The standard InChI is InChI=1S/C16H18N4O2S.C6H16S.C2H6/c1-3-20-8-11(15(22)17-10(2)9-21)14(19-20)16-18-12-6-4-5-7-13(12)23-16;1-5-6-7(2,3)4;1-2/h4-8,10,21H,3,9H2,1-2H3,(H,17,22);5-6H2,1-4H3;1-2H3/t10-;;/m1../s1. The number of nitrogens with one attached hydrogen (secondary N) is 1. The molecule has 1 atom stereocenters. The molecule has 2 aromatic heterocycles. The zero-order valence-electron chi connectivity index (χ0n) is 20.8. The molecule has 0 saturated carbocycles. The van der Waals surface area contributed by atoms with Gasteiger partial charge in [-0.05, 0) is 56.9 Å². The topological polar surface area (TPSA) is 80.0 Å². The van der Waals surface area contributed by atoms with E-state index in [1.54, 1.807) is 17.8 Å². The van der Waals surface area contributed by atoms with Crippen molar-refractivity contribution in [1.29, 1.82) is 0 Å². The van der Waals surface area contributed by atoms with Crippen LogP contribution >= 0.6 is 21.4 Å². The van der Waals surface area contributed by atoms with E-state index in [0.29, 0.717) is 17.8 Å². The lowest BCUT2D eigenvalue weighted by Crippen LogP contribution is -2.35. The van der Waals surface area contributed by atoms with Crippen LogP contribution in [0.1, 0.15) is 51.4 Å². The van der Waals surface area contributed by atoms with Gasteiger partial charge in [0.2, 0.25) is 0 Å². The molecule has 1 amide bonds. The number of para-hydroxylation sites is 1. The van der Waals surface area contributed by atoms with Crippen LogP contribution in [-0.4, -0.2) is 62.9 Å². The number of carbonyl (C=O) groups excluding carboxylic acids is 1. The Hall–Kier alpha value is -1.90. The number of aliphatic hydroxyl groups excluding tert-OH is 1. The molecule has 32 heavy (non-hydrogen) atoms. The number of aliphatic hydroxyl groups is 1. The number of nitrogens with zero attached hydrogens (tertiary/aromatic N) is 3. The molecule has 0 saturated heterocycles. The lowest BCUT2D eigenvalue weighted by molar-refractivity contribution is 0.0923. The molecular weight excluding hydrogens is 440 g/mol. The largest absolute Gasteiger partial charge is 0.394 e. The molecule has 0 bridgehead atoms. The molecule has 180 valence electrons. The molecule has 2 N–H and O–H groups in total. The van der Waals surface area contributed by atoms with E-state index in [9.17, 15) is 4.79 Å². The predicted molar refractivity (Wildman–Crippen MR) is 142 cm³/mol. The van der Waals surface area contributed by atoms with Crippen molar-refractivity contribution < 1.29 is 9.90 Å². The van der Waals surface area contributed by atoms with Crippen molar-refractivity contribution >= 4 is 37.5 Å². The summed E-state index contributed by atoms with van der Waals surface area (Å²) in [4.78, 5) is 17.0. The van der Waals surface area contributed by atoms with Gasteiger partial charge in [0.05, 0.1) is 22.4 Å². The van der Waals surface area contributed by atoms with Crippen LogP contribution in [0.5, 0.6) is 0 Å². The average molecular weight is 481 g/mol. The van der Waals surface area contributed by atoms with E-state index in [-0.39, 0.29) is 28.6 Å². The first-order valence-corrected chi connectivity index (χ1v) is 15.0. The second-order valence-corrected chi connectivity index (χ2v) is 13.7. The van der Waals surface area contributed by atoms with Crippen LogP contribution in [0.3, 0.4) is 0 Å². The van der Waals surface area contributed by atoms with Crippen LogP contribution in [0.4, 0.5) is 0 Å². The van der Waals surface area contributed by atoms with Crippen LogP contribution in [0.25, 0.3) is 20.9 Å². The maximum Gasteiger partial charge on any atom is 0.255 e. The second kappa shape index (κ2) is 13.6. The molecule has 0 aliphatic heterocycles. The van der Waals surface area contributed by atoms with Gasteiger partial charge in [0.25, 0.3) is 5.91 Å². The van der Waals surface area contributed by atoms with Gasteiger partial charge in [-0.25, -0.2) is 15.0 Å². The third kappa shape index (κ3) is 8.56. The number of hydrogen-bond acceptors (Lipinski definition) is 5. The first-order valence-electron chi connectivity index (χ1n) is 11.2. The van der Waals surface area contributed by atoms with Crippen molar-refractivity contribution in [3.63, 3.8) is 0 Å². The van der Waals surface area contributed by atoms with Crippen molar-refractivity contribution in [2.75, 3.05) is 31.1 Å². The molecule has 2 heterocycles. The van der Waals surface area contributed by atoms with Gasteiger partial charge < -0.3 is 10.4 Å². The molecule has 1 aromatic carbocycles. The van der Waals surface area contributed by atoms with Crippen molar-refractivity contribution in [3.05, 3.63) is 36.0 Å². The van der Waals surface area contributed by atoms with Crippen LogP contribution in [0.2, 0.25) is 0 Å². The van der Waals surface area contributed by atoms with Crippen molar-refractivity contribution in [3.8, 4) is 10.7 Å². The maximum absolute atomic E-state index is 12.5.